The van der Waals surface area contributed by atoms with Crippen molar-refractivity contribution in [3.05, 3.63) is 46.5 Å². The van der Waals surface area contributed by atoms with Crippen LogP contribution in [0.5, 0.6) is 0 Å². The van der Waals surface area contributed by atoms with Gasteiger partial charge >= 0.3 is 0 Å². The minimum absolute atomic E-state index is 0.0631. The molecular formula is C24H26ClN5O2. The summed E-state index contributed by atoms with van der Waals surface area (Å²) in [5, 5.41) is 15.8. The average molecular weight is 452 g/mol. The van der Waals surface area contributed by atoms with E-state index in [0.29, 0.717) is 29.4 Å². The number of nitrogens with one attached hydrogen (secondary N) is 2. The zero-order chi connectivity index (χ0) is 23.0. The van der Waals surface area contributed by atoms with Crippen LogP contribution in [0.4, 0.5) is 5.82 Å². The van der Waals surface area contributed by atoms with Crippen molar-refractivity contribution in [1.29, 1.82) is 5.26 Å². The van der Waals surface area contributed by atoms with Gasteiger partial charge in [-0.1, -0.05) is 31.5 Å². The van der Waals surface area contributed by atoms with E-state index in [1.807, 2.05) is 12.1 Å². The van der Waals surface area contributed by atoms with E-state index in [2.05, 4.69) is 40.1 Å². The van der Waals surface area contributed by atoms with E-state index in [1.165, 1.54) is 13.1 Å². The summed E-state index contributed by atoms with van der Waals surface area (Å²) >= 11 is 6.49. The lowest BCUT2D eigenvalue weighted by molar-refractivity contribution is -0.121. The largest absolute Gasteiger partial charge is 0.335 e. The highest BCUT2D eigenvalue weighted by atomic mass is 35.5. The molecule has 4 rings (SSSR count). The summed E-state index contributed by atoms with van der Waals surface area (Å²) in [6.07, 6.45) is 6.27. The number of carbonyl (C=O) groups excluding carboxylic acids is 2. The lowest BCUT2D eigenvalue weighted by Gasteiger charge is -2.22. The Morgan fingerprint density at radius 2 is 2.06 bits per heavy atom. The van der Waals surface area contributed by atoms with E-state index < -0.39 is 0 Å². The van der Waals surface area contributed by atoms with Crippen LogP contribution in [0.15, 0.2) is 30.1 Å². The first kappa shape index (κ1) is 22.1. The topological polar surface area (TPSA) is 99.8 Å². The molecule has 8 heteroatoms. The predicted octanol–water partition coefficient (Wildman–Crippen LogP) is 4.42. The van der Waals surface area contributed by atoms with Crippen molar-refractivity contribution in [3.8, 4) is 17.2 Å². The van der Waals surface area contributed by atoms with Crippen LogP contribution in [0.25, 0.3) is 11.1 Å². The van der Waals surface area contributed by atoms with Gasteiger partial charge in [0.15, 0.2) is 0 Å². The first-order valence-corrected chi connectivity index (χ1v) is 11.1. The molecule has 2 amide bonds. The molecule has 166 valence electrons. The number of nitriles is 1. The second kappa shape index (κ2) is 8.44. The summed E-state index contributed by atoms with van der Waals surface area (Å²) in [5.41, 5.74) is 4.19. The summed E-state index contributed by atoms with van der Waals surface area (Å²) in [6.45, 7) is 6.60. The van der Waals surface area contributed by atoms with Gasteiger partial charge in [-0.3, -0.25) is 9.59 Å². The molecule has 3 heterocycles. The van der Waals surface area contributed by atoms with E-state index in [0.717, 1.165) is 41.9 Å². The second-order valence-electron chi connectivity index (χ2n) is 9.36. The number of hydrogen-bond donors (Lipinski definition) is 2. The Morgan fingerprint density at radius 1 is 1.28 bits per heavy atom. The number of hydrogen-bond acceptors (Lipinski definition) is 4. The van der Waals surface area contributed by atoms with E-state index in [4.69, 9.17) is 11.6 Å². The van der Waals surface area contributed by atoms with Crippen LogP contribution in [0.3, 0.4) is 0 Å². The van der Waals surface area contributed by atoms with E-state index in [-0.39, 0.29) is 23.1 Å². The highest BCUT2D eigenvalue weighted by molar-refractivity contribution is 6.33. The highest BCUT2D eigenvalue weighted by Crippen LogP contribution is 2.42. The van der Waals surface area contributed by atoms with Crippen LogP contribution in [0.2, 0.25) is 5.02 Å². The smallest absolute Gasteiger partial charge is 0.229 e. The number of carbonyl (C=O) groups is 2. The Balaban J connectivity index is 1.58. The maximum Gasteiger partial charge on any atom is 0.229 e. The minimum atomic E-state index is -0.243. The molecule has 7 nitrogen and oxygen atoms in total. The zero-order valence-corrected chi connectivity index (χ0v) is 19.2. The molecule has 2 aromatic heterocycles. The van der Waals surface area contributed by atoms with Crippen LogP contribution in [0.1, 0.15) is 51.4 Å². The molecule has 1 aliphatic carbocycles. The molecule has 0 unspecified atom stereocenters. The monoisotopic (exact) mass is 451 g/mol. The van der Waals surface area contributed by atoms with Crippen LogP contribution in [-0.2, 0) is 22.6 Å². The van der Waals surface area contributed by atoms with Crippen LogP contribution < -0.4 is 10.6 Å². The lowest BCUT2D eigenvalue weighted by Crippen LogP contribution is -2.29. The lowest BCUT2D eigenvalue weighted by atomic mass is 9.89. The number of aromatic nitrogens is 2. The summed E-state index contributed by atoms with van der Waals surface area (Å²) in [4.78, 5) is 28.5. The fourth-order valence-corrected chi connectivity index (χ4v) is 4.83. The highest BCUT2D eigenvalue weighted by Gasteiger charge is 2.33. The van der Waals surface area contributed by atoms with E-state index in [9.17, 15) is 14.9 Å². The molecule has 0 spiro atoms. The molecule has 0 bridgehead atoms. The van der Waals surface area contributed by atoms with Gasteiger partial charge in [-0.05, 0) is 43.2 Å². The van der Waals surface area contributed by atoms with Gasteiger partial charge in [0.05, 0.1) is 5.02 Å². The summed E-state index contributed by atoms with van der Waals surface area (Å²) in [7, 11) is 0. The quantitative estimate of drug-likeness (QED) is 0.718. The van der Waals surface area contributed by atoms with Crippen molar-refractivity contribution in [2.45, 2.75) is 53.0 Å². The van der Waals surface area contributed by atoms with Crippen molar-refractivity contribution >= 4 is 29.2 Å². The molecule has 0 fully saturated rings. The second-order valence-corrected chi connectivity index (χ2v) is 9.76. The first-order chi connectivity index (χ1) is 15.2. The minimum Gasteiger partial charge on any atom is -0.335 e. The molecule has 2 aliphatic rings. The molecule has 1 aliphatic heterocycles. The third-order valence-electron chi connectivity index (χ3n) is 6.03. The molecule has 0 aromatic carbocycles. The summed E-state index contributed by atoms with van der Waals surface area (Å²) < 4.78 is 2.06. The third-order valence-corrected chi connectivity index (χ3v) is 6.33. The van der Waals surface area contributed by atoms with Gasteiger partial charge in [-0.2, -0.15) is 5.26 Å². The fourth-order valence-electron chi connectivity index (χ4n) is 4.63. The molecule has 1 atom stereocenters. The molecule has 2 N–H and O–H groups in total. The van der Waals surface area contributed by atoms with Crippen LogP contribution in [-0.4, -0.2) is 21.4 Å². The maximum absolute atomic E-state index is 12.9. The number of amides is 2. The average Bonchev–Trinajstić information content (AvgIpc) is 3.21. The van der Waals surface area contributed by atoms with Crippen LogP contribution >= 0.6 is 11.6 Å². The van der Waals surface area contributed by atoms with E-state index in [1.54, 1.807) is 6.07 Å². The van der Waals surface area contributed by atoms with Crippen molar-refractivity contribution in [1.82, 2.24) is 14.9 Å². The summed E-state index contributed by atoms with van der Waals surface area (Å²) in [6, 6.07) is 5.92. The molecule has 2 aromatic rings. The predicted molar refractivity (Wildman–Crippen MR) is 123 cm³/mol. The number of rotatable bonds is 4. The molecule has 0 saturated heterocycles. The normalized spacial score (nSPS) is 19.0. The van der Waals surface area contributed by atoms with Gasteiger partial charge in [0.1, 0.15) is 17.6 Å². The van der Waals surface area contributed by atoms with Gasteiger partial charge in [-0.25, -0.2) is 4.98 Å². The Hall–Kier alpha value is -3.11. The Labute approximate surface area is 192 Å². The number of nitrogens with zero attached hydrogens (tertiary/aromatic N) is 3. The standard InChI is InChI=1S/C24H26ClN5O2/c1-14(31)28-16-6-4-5-15(7-16)23(32)29-22-9-18(20(25)12-27-22)19-8-17(11-26)30-13-24(2,3)10-21(19)30/h6,8-9,12,15H,4-5,7,10,13H2,1-3H3,(H,28,31)(H,27,29,32)/t15-/m0/s1. The molecule has 0 radical (unpaired) electrons. The Bertz CT molecular complexity index is 1170. The zero-order valence-electron chi connectivity index (χ0n) is 18.5. The number of fused-ring (bicyclic) bond motifs is 1. The van der Waals surface area contributed by atoms with Crippen molar-refractivity contribution in [3.63, 3.8) is 0 Å². The first-order valence-electron chi connectivity index (χ1n) is 10.7. The van der Waals surface area contributed by atoms with Crippen molar-refractivity contribution in [2.24, 2.45) is 11.3 Å². The molecule has 32 heavy (non-hydrogen) atoms. The third kappa shape index (κ3) is 4.42. The Morgan fingerprint density at radius 3 is 2.78 bits per heavy atom. The summed E-state index contributed by atoms with van der Waals surface area (Å²) in [5.74, 6) is -0.0998. The van der Waals surface area contributed by atoms with Gasteiger partial charge in [0, 0.05) is 48.1 Å². The number of anilines is 1. The van der Waals surface area contributed by atoms with Gasteiger partial charge in [0.25, 0.3) is 0 Å². The van der Waals surface area contributed by atoms with Gasteiger partial charge < -0.3 is 15.2 Å². The van der Waals surface area contributed by atoms with Gasteiger partial charge in [-0.15, -0.1) is 0 Å². The molecular weight excluding hydrogens is 426 g/mol. The number of pyridine rings is 1. The SMILES string of the molecule is CC(=O)NC1=CCC[C@H](C(=O)Nc2cc(-c3cc(C#N)n4c3CC(C)(C)C4)c(Cl)cn2)C1. The number of halogens is 1. The van der Waals surface area contributed by atoms with E-state index >= 15 is 0 Å². The van der Waals surface area contributed by atoms with Crippen molar-refractivity contribution < 1.29 is 9.59 Å². The van der Waals surface area contributed by atoms with Gasteiger partial charge in [0.2, 0.25) is 11.8 Å². The van der Waals surface area contributed by atoms with Crippen molar-refractivity contribution in [2.75, 3.05) is 5.32 Å². The maximum atomic E-state index is 12.9. The van der Waals surface area contributed by atoms with Crippen LogP contribution in [0, 0.1) is 22.7 Å². The fraction of sp³-hybridized carbons (Fsp3) is 0.417. The molecule has 0 saturated carbocycles. The number of allylic oxidation sites excluding steroid dienone is 2. The Kier molecular flexibility index (Phi) is 5.83.